The van der Waals surface area contributed by atoms with Crippen molar-refractivity contribution in [2.24, 2.45) is 0 Å². The van der Waals surface area contributed by atoms with E-state index in [2.05, 4.69) is 51.5 Å². The van der Waals surface area contributed by atoms with E-state index in [0.717, 1.165) is 48.1 Å². The van der Waals surface area contributed by atoms with Gasteiger partial charge in [-0.2, -0.15) is 0 Å². The van der Waals surface area contributed by atoms with Gasteiger partial charge in [-0.25, -0.2) is 19.2 Å². The van der Waals surface area contributed by atoms with Crippen LogP contribution in [0.3, 0.4) is 0 Å². The van der Waals surface area contributed by atoms with E-state index in [-0.39, 0.29) is 47.9 Å². The summed E-state index contributed by atoms with van der Waals surface area (Å²) in [6.45, 7) is 19.0. The fourth-order valence-electron chi connectivity index (χ4n) is 7.42. The molecule has 0 N–H and O–H groups in total. The Balaban J connectivity index is 1.21. The van der Waals surface area contributed by atoms with Crippen molar-refractivity contribution in [3.8, 4) is 0 Å². The van der Waals surface area contributed by atoms with Crippen LogP contribution in [-0.2, 0) is 21.4 Å². The van der Waals surface area contributed by atoms with E-state index in [1.165, 1.54) is 12.1 Å². The maximum atomic E-state index is 14.4. The molecule has 2 amide bonds. The number of carbonyl (C=O) groups excluding carboxylic acids is 2. The first-order valence-corrected chi connectivity index (χ1v) is 17.7. The van der Waals surface area contributed by atoms with E-state index in [4.69, 9.17) is 9.72 Å². The molecule has 12 heteroatoms. The predicted molar refractivity (Wildman–Crippen MR) is 192 cm³/mol. The first-order valence-electron chi connectivity index (χ1n) is 17.7. The minimum absolute atomic E-state index is 0.0135. The molecule has 3 atom stereocenters. The number of halogens is 1. The van der Waals surface area contributed by atoms with Gasteiger partial charge in [0, 0.05) is 87.9 Å². The average molecular weight is 687 g/mol. The number of aromatic nitrogens is 3. The SMILES string of the molecule is CC1CN(c2ncccn2)CCN1C[C@H]1CN(C(=O)OC(C)(C)C)[C@H](C)CN1CC(=O)N1CC(C)(C)c2ncc(Cc3ccc(F)cc3)cc21. The van der Waals surface area contributed by atoms with Crippen LogP contribution in [0.1, 0.15) is 65.3 Å². The Bertz CT molecular complexity index is 1660. The molecule has 0 radical (unpaired) electrons. The van der Waals surface area contributed by atoms with E-state index < -0.39 is 5.60 Å². The molecule has 3 aliphatic rings. The molecule has 3 aliphatic heterocycles. The van der Waals surface area contributed by atoms with Crippen LogP contribution in [0.4, 0.5) is 20.8 Å². The summed E-state index contributed by atoms with van der Waals surface area (Å²) in [4.78, 5) is 52.1. The molecule has 3 aromatic rings. The highest BCUT2D eigenvalue weighted by Gasteiger charge is 2.43. The molecule has 11 nitrogen and oxygen atoms in total. The van der Waals surface area contributed by atoms with E-state index in [1.54, 1.807) is 24.5 Å². The molecule has 0 bridgehead atoms. The minimum Gasteiger partial charge on any atom is -0.444 e. The number of fused-ring (bicyclic) bond motifs is 1. The molecule has 5 heterocycles. The molecule has 2 aromatic heterocycles. The molecule has 1 aromatic carbocycles. The summed E-state index contributed by atoms with van der Waals surface area (Å²) < 4.78 is 19.4. The van der Waals surface area contributed by atoms with Crippen molar-refractivity contribution in [1.82, 2.24) is 29.7 Å². The van der Waals surface area contributed by atoms with Crippen molar-refractivity contribution in [2.45, 2.75) is 84.0 Å². The van der Waals surface area contributed by atoms with Crippen LogP contribution < -0.4 is 9.80 Å². The van der Waals surface area contributed by atoms with Crippen LogP contribution in [0.15, 0.2) is 55.0 Å². The highest BCUT2D eigenvalue weighted by molar-refractivity contribution is 5.97. The number of ether oxygens (including phenoxy) is 1. The summed E-state index contributed by atoms with van der Waals surface area (Å²) in [7, 11) is 0. The van der Waals surface area contributed by atoms with E-state index >= 15 is 0 Å². The van der Waals surface area contributed by atoms with Gasteiger partial charge < -0.3 is 19.4 Å². The van der Waals surface area contributed by atoms with Crippen LogP contribution >= 0.6 is 0 Å². The zero-order valence-corrected chi connectivity index (χ0v) is 30.5. The molecule has 50 heavy (non-hydrogen) atoms. The zero-order chi connectivity index (χ0) is 35.8. The summed E-state index contributed by atoms with van der Waals surface area (Å²) in [6, 6.07) is 10.4. The number of pyridine rings is 1. The van der Waals surface area contributed by atoms with Gasteiger partial charge in [0.25, 0.3) is 0 Å². The summed E-state index contributed by atoms with van der Waals surface area (Å²) in [5, 5.41) is 0. The van der Waals surface area contributed by atoms with Gasteiger partial charge in [0.15, 0.2) is 0 Å². The number of benzene rings is 1. The van der Waals surface area contributed by atoms with Gasteiger partial charge in [0.1, 0.15) is 11.4 Å². The number of piperazine rings is 2. The summed E-state index contributed by atoms with van der Waals surface area (Å²) in [6.07, 6.45) is 5.68. The topological polar surface area (TPSA) is 98.2 Å². The highest BCUT2D eigenvalue weighted by atomic mass is 19.1. The van der Waals surface area contributed by atoms with Crippen LogP contribution in [0.2, 0.25) is 0 Å². The number of anilines is 2. The Morgan fingerprint density at radius 3 is 2.34 bits per heavy atom. The lowest BCUT2D eigenvalue weighted by Crippen LogP contribution is -2.65. The Kier molecular flexibility index (Phi) is 10.1. The lowest BCUT2D eigenvalue weighted by Gasteiger charge is -2.48. The number of amides is 2. The van der Waals surface area contributed by atoms with Crippen molar-refractivity contribution in [3.05, 3.63) is 77.6 Å². The van der Waals surface area contributed by atoms with Gasteiger partial charge in [-0.1, -0.05) is 26.0 Å². The first-order chi connectivity index (χ1) is 23.7. The Hall–Kier alpha value is -4.16. The van der Waals surface area contributed by atoms with E-state index in [9.17, 15) is 14.0 Å². The molecular weight excluding hydrogens is 635 g/mol. The zero-order valence-electron chi connectivity index (χ0n) is 30.5. The molecule has 0 aliphatic carbocycles. The molecule has 2 fully saturated rings. The second-order valence-corrected chi connectivity index (χ2v) is 15.8. The van der Waals surface area contributed by atoms with Crippen molar-refractivity contribution in [3.63, 3.8) is 0 Å². The minimum atomic E-state index is -0.608. The van der Waals surface area contributed by atoms with E-state index in [1.807, 2.05) is 49.8 Å². The molecule has 2 saturated heterocycles. The Morgan fingerprint density at radius 1 is 0.940 bits per heavy atom. The number of rotatable bonds is 7. The maximum Gasteiger partial charge on any atom is 0.410 e. The Labute approximate surface area is 295 Å². The molecule has 268 valence electrons. The van der Waals surface area contributed by atoms with Crippen molar-refractivity contribution in [1.29, 1.82) is 0 Å². The number of hydrogen-bond acceptors (Lipinski definition) is 9. The smallest absolute Gasteiger partial charge is 0.410 e. The van der Waals surface area contributed by atoms with Gasteiger partial charge >= 0.3 is 6.09 Å². The van der Waals surface area contributed by atoms with Crippen LogP contribution in [0, 0.1) is 5.82 Å². The third-order valence-electron chi connectivity index (χ3n) is 10.00. The van der Waals surface area contributed by atoms with E-state index in [0.29, 0.717) is 32.6 Å². The molecule has 0 saturated carbocycles. The molecule has 6 rings (SSSR count). The summed E-state index contributed by atoms with van der Waals surface area (Å²) >= 11 is 0. The van der Waals surface area contributed by atoms with Crippen LogP contribution in [0.25, 0.3) is 0 Å². The quantitative estimate of drug-likeness (QED) is 0.349. The van der Waals surface area contributed by atoms with Gasteiger partial charge in [-0.15, -0.1) is 0 Å². The molecule has 1 unspecified atom stereocenters. The van der Waals surface area contributed by atoms with Gasteiger partial charge in [-0.3, -0.25) is 19.6 Å². The largest absolute Gasteiger partial charge is 0.444 e. The fraction of sp³-hybridized carbons (Fsp3) is 0.553. The van der Waals surface area contributed by atoms with Crippen LogP contribution in [-0.4, -0.2) is 118 Å². The second-order valence-electron chi connectivity index (χ2n) is 15.8. The lowest BCUT2D eigenvalue weighted by molar-refractivity contribution is -0.121. The van der Waals surface area contributed by atoms with Gasteiger partial charge in [0.2, 0.25) is 11.9 Å². The standard InChI is InChI=1S/C38H51FN8O3/c1-26-20-44(35-40-13-8-14-41-35)16-15-43(26)22-31-23-46(36(49)50-37(3,4)5)27(2)21-45(31)24-33(48)47-25-38(6,7)34-32(47)18-29(19-42-34)17-28-9-11-30(39)12-10-28/h8-14,18-19,26-27,31H,15-17,20-25H2,1-7H3/t26?,27-,31+/m1/s1. The maximum absolute atomic E-state index is 14.4. The Morgan fingerprint density at radius 2 is 1.66 bits per heavy atom. The number of hydrogen-bond donors (Lipinski definition) is 0. The van der Waals surface area contributed by atoms with Crippen LogP contribution in [0.5, 0.6) is 0 Å². The first kappa shape index (κ1) is 35.7. The van der Waals surface area contributed by atoms with Crippen molar-refractivity contribution >= 4 is 23.6 Å². The van der Waals surface area contributed by atoms with Crippen molar-refractivity contribution < 1.29 is 18.7 Å². The third kappa shape index (κ3) is 8.07. The second kappa shape index (κ2) is 14.2. The third-order valence-corrected chi connectivity index (χ3v) is 10.00. The summed E-state index contributed by atoms with van der Waals surface area (Å²) in [5.74, 6) is 0.481. The number of nitrogens with zero attached hydrogens (tertiary/aromatic N) is 8. The predicted octanol–water partition coefficient (Wildman–Crippen LogP) is 4.75. The normalized spacial score (nSPS) is 22.8. The molecule has 0 spiro atoms. The van der Waals surface area contributed by atoms with Gasteiger partial charge in [-0.05, 0) is 76.4 Å². The fourth-order valence-corrected chi connectivity index (χ4v) is 7.42. The lowest BCUT2D eigenvalue weighted by atomic mass is 9.91. The van der Waals surface area contributed by atoms with Crippen molar-refractivity contribution in [2.75, 3.05) is 62.2 Å². The monoisotopic (exact) mass is 686 g/mol. The highest BCUT2D eigenvalue weighted by Crippen LogP contribution is 2.40. The van der Waals surface area contributed by atoms with Gasteiger partial charge in [0.05, 0.1) is 17.9 Å². The number of carbonyl (C=O) groups is 2. The summed E-state index contributed by atoms with van der Waals surface area (Å²) in [5.41, 5.74) is 2.78. The average Bonchev–Trinajstić information content (AvgIpc) is 3.33. The molecular formula is C38H51FN8O3.